The summed E-state index contributed by atoms with van der Waals surface area (Å²) in [6.45, 7) is 5.07. The van der Waals surface area contributed by atoms with E-state index in [1.807, 2.05) is 4.90 Å². The first-order valence-corrected chi connectivity index (χ1v) is 7.17. The molecule has 116 valence electrons. The summed E-state index contributed by atoms with van der Waals surface area (Å²) in [6.07, 6.45) is -0.841. The second-order valence-electron chi connectivity index (χ2n) is 5.45. The number of nitrogens with two attached hydrogens (primary N) is 1. The third kappa shape index (κ3) is 4.00. The van der Waals surface area contributed by atoms with Crippen LogP contribution >= 0.6 is 0 Å². The highest BCUT2D eigenvalue weighted by atomic mass is 19.1. The first-order chi connectivity index (χ1) is 9.99. The maximum absolute atomic E-state index is 13.6. The smallest absolute Gasteiger partial charge is 0.234 e. The number of aliphatic hydroxyl groups is 1. The van der Waals surface area contributed by atoms with Crippen LogP contribution in [-0.4, -0.2) is 59.6 Å². The zero-order valence-corrected chi connectivity index (χ0v) is 12.2. The number of aliphatic hydroxyl groups excluding tert-OH is 1. The van der Waals surface area contributed by atoms with Gasteiger partial charge in [-0.1, -0.05) is 18.2 Å². The summed E-state index contributed by atoms with van der Waals surface area (Å²) in [5.41, 5.74) is 5.62. The van der Waals surface area contributed by atoms with Crippen LogP contribution in [0.4, 0.5) is 4.39 Å². The van der Waals surface area contributed by atoms with E-state index in [0.29, 0.717) is 25.2 Å². The van der Waals surface area contributed by atoms with Gasteiger partial charge in [0.05, 0.1) is 12.1 Å². The van der Waals surface area contributed by atoms with Crippen LogP contribution in [0.15, 0.2) is 24.3 Å². The maximum atomic E-state index is 13.6. The normalized spacial score (nSPS) is 20.1. The van der Waals surface area contributed by atoms with Crippen molar-refractivity contribution in [1.29, 1.82) is 0 Å². The molecule has 0 bridgehead atoms. The Morgan fingerprint density at radius 2 is 1.95 bits per heavy atom. The van der Waals surface area contributed by atoms with E-state index < -0.39 is 6.10 Å². The molecule has 0 spiro atoms. The standard InChI is InChI=1S/C15H22FN3O2/c1-11(15(17)21)19-8-6-18(7-9-19)10-14(20)12-4-2-3-5-13(12)16/h2-5,11,14,20H,6-10H2,1H3,(H2,17,21). The number of amides is 1. The van der Waals surface area contributed by atoms with Crippen molar-refractivity contribution in [2.24, 2.45) is 5.73 Å². The van der Waals surface area contributed by atoms with Gasteiger partial charge in [-0.25, -0.2) is 4.39 Å². The highest BCUT2D eigenvalue weighted by molar-refractivity contribution is 5.79. The topological polar surface area (TPSA) is 69.8 Å². The summed E-state index contributed by atoms with van der Waals surface area (Å²) in [7, 11) is 0. The zero-order valence-electron chi connectivity index (χ0n) is 12.2. The number of benzene rings is 1. The number of hydrogen-bond donors (Lipinski definition) is 2. The van der Waals surface area contributed by atoms with E-state index in [1.165, 1.54) is 6.07 Å². The molecule has 1 heterocycles. The van der Waals surface area contributed by atoms with Gasteiger partial charge in [-0.3, -0.25) is 14.6 Å². The minimum atomic E-state index is -0.841. The van der Waals surface area contributed by atoms with Crippen molar-refractivity contribution in [2.45, 2.75) is 19.1 Å². The molecule has 5 nitrogen and oxygen atoms in total. The number of rotatable bonds is 5. The molecule has 1 saturated heterocycles. The van der Waals surface area contributed by atoms with Gasteiger partial charge < -0.3 is 10.8 Å². The molecule has 0 aliphatic carbocycles. The van der Waals surface area contributed by atoms with Gasteiger partial charge in [0.1, 0.15) is 5.82 Å². The quantitative estimate of drug-likeness (QED) is 0.822. The Hall–Kier alpha value is -1.50. The Morgan fingerprint density at radius 3 is 2.52 bits per heavy atom. The largest absolute Gasteiger partial charge is 0.387 e. The number of carbonyl (C=O) groups excluding carboxylic acids is 1. The van der Waals surface area contributed by atoms with Crippen LogP contribution in [0, 0.1) is 5.82 Å². The van der Waals surface area contributed by atoms with E-state index >= 15 is 0 Å². The molecule has 1 aromatic carbocycles. The molecule has 1 aliphatic rings. The SMILES string of the molecule is CC(C(N)=O)N1CCN(CC(O)c2ccccc2F)CC1. The molecule has 1 aliphatic heterocycles. The predicted octanol–water partition coefficient (Wildman–Crippen LogP) is 0.351. The van der Waals surface area contributed by atoms with Gasteiger partial charge >= 0.3 is 0 Å². The van der Waals surface area contributed by atoms with Crippen molar-refractivity contribution in [2.75, 3.05) is 32.7 Å². The van der Waals surface area contributed by atoms with Crippen LogP contribution in [0.25, 0.3) is 0 Å². The molecule has 0 aromatic heterocycles. The van der Waals surface area contributed by atoms with E-state index in [-0.39, 0.29) is 17.8 Å². The van der Waals surface area contributed by atoms with Crippen molar-refractivity contribution >= 4 is 5.91 Å². The number of halogens is 1. The Kier molecular flexibility index (Phi) is 5.27. The molecule has 2 atom stereocenters. The highest BCUT2D eigenvalue weighted by Gasteiger charge is 2.25. The fourth-order valence-corrected chi connectivity index (χ4v) is 2.60. The molecule has 1 aromatic rings. The summed E-state index contributed by atoms with van der Waals surface area (Å²) >= 11 is 0. The maximum Gasteiger partial charge on any atom is 0.234 e. The van der Waals surface area contributed by atoms with Crippen molar-refractivity contribution in [1.82, 2.24) is 9.80 Å². The Morgan fingerprint density at radius 1 is 1.33 bits per heavy atom. The van der Waals surface area contributed by atoms with Gasteiger partial charge in [0, 0.05) is 38.3 Å². The number of hydrogen-bond acceptors (Lipinski definition) is 4. The molecule has 1 amide bonds. The Balaban J connectivity index is 1.86. The lowest BCUT2D eigenvalue weighted by Gasteiger charge is -2.37. The van der Waals surface area contributed by atoms with E-state index in [9.17, 15) is 14.3 Å². The van der Waals surface area contributed by atoms with Gasteiger partial charge in [-0.05, 0) is 13.0 Å². The van der Waals surface area contributed by atoms with Crippen LogP contribution in [-0.2, 0) is 4.79 Å². The van der Waals surface area contributed by atoms with Crippen LogP contribution in [0.2, 0.25) is 0 Å². The molecular weight excluding hydrogens is 273 g/mol. The number of piperazine rings is 1. The van der Waals surface area contributed by atoms with Crippen LogP contribution < -0.4 is 5.73 Å². The van der Waals surface area contributed by atoms with Crippen LogP contribution in [0.5, 0.6) is 0 Å². The average molecular weight is 295 g/mol. The molecule has 21 heavy (non-hydrogen) atoms. The van der Waals surface area contributed by atoms with Gasteiger partial charge in [-0.15, -0.1) is 0 Å². The summed E-state index contributed by atoms with van der Waals surface area (Å²) in [5, 5.41) is 10.1. The number of carbonyl (C=O) groups is 1. The van der Waals surface area contributed by atoms with Gasteiger partial charge in [0.25, 0.3) is 0 Å². The van der Waals surface area contributed by atoms with Crippen LogP contribution in [0.1, 0.15) is 18.6 Å². The van der Waals surface area contributed by atoms with Crippen LogP contribution in [0.3, 0.4) is 0 Å². The predicted molar refractivity (Wildman–Crippen MR) is 78.0 cm³/mol. The van der Waals surface area contributed by atoms with E-state index in [0.717, 1.165) is 13.1 Å². The first kappa shape index (κ1) is 15.9. The Labute approximate surface area is 124 Å². The molecule has 0 saturated carbocycles. The summed E-state index contributed by atoms with van der Waals surface area (Å²) in [6, 6.07) is 6.00. The third-order valence-electron chi connectivity index (χ3n) is 4.06. The van der Waals surface area contributed by atoms with Crippen molar-refractivity contribution in [3.8, 4) is 0 Å². The lowest BCUT2D eigenvalue weighted by molar-refractivity contribution is -0.123. The highest BCUT2D eigenvalue weighted by Crippen LogP contribution is 2.18. The summed E-state index contributed by atoms with van der Waals surface area (Å²) in [4.78, 5) is 15.3. The zero-order chi connectivity index (χ0) is 15.4. The first-order valence-electron chi connectivity index (χ1n) is 7.17. The molecular formula is C15H22FN3O2. The van der Waals surface area contributed by atoms with E-state index in [1.54, 1.807) is 25.1 Å². The van der Waals surface area contributed by atoms with E-state index in [2.05, 4.69) is 4.90 Å². The summed E-state index contributed by atoms with van der Waals surface area (Å²) < 4.78 is 13.6. The summed E-state index contributed by atoms with van der Waals surface area (Å²) in [5.74, 6) is -0.708. The molecule has 6 heteroatoms. The second kappa shape index (κ2) is 6.98. The monoisotopic (exact) mass is 295 g/mol. The number of nitrogens with zero attached hydrogens (tertiary/aromatic N) is 2. The average Bonchev–Trinajstić information content (AvgIpc) is 2.47. The molecule has 2 rings (SSSR count). The van der Waals surface area contributed by atoms with Crippen molar-refractivity contribution in [3.05, 3.63) is 35.6 Å². The number of primary amides is 1. The van der Waals surface area contributed by atoms with Crippen molar-refractivity contribution in [3.63, 3.8) is 0 Å². The van der Waals surface area contributed by atoms with Gasteiger partial charge in [0.15, 0.2) is 0 Å². The molecule has 1 fully saturated rings. The van der Waals surface area contributed by atoms with E-state index in [4.69, 9.17) is 5.73 Å². The fourth-order valence-electron chi connectivity index (χ4n) is 2.60. The lowest BCUT2D eigenvalue weighted by Crippen LogP contribution is -2.53. The number of β-amino-alcohol motifs (C(OH)–C–C–N with tert-alkyl or cyclic N) is 1. The second-order valence-corrected chi connectivity index (χ2v) is 5.45. The molecule has 0 radical (unpaired) electrons. The van der Waals surface area contributed by atoms with Gasteiger partial charge in [-0.2, -0.15) is 0 Å². The lowest BCUT2D eigenvalue weighted by atomic mass is 10.1. The molecule has 3 N–H and O–H groups in total. The van der Waals surface area contributed by atoms with Crippen molar-refractivity contribution < 1.29 is 14.3 Å². The fraction of sp³-hybridized carbons (Fsp3) is 0.533. The Bertz CT molecular complexity index is 490. The minimum absolute atomic E-state index is 0.274. The molecule has 2 unspecified atom stereocenters. The minimum Gasteiger partial charge on any atom is -0.387 e. The van der Waals surface area contributed by atoms with Gasteiger partial charge in [0.2, 0.25) is 5.91 Å². The third-order valence-corrected chi connectivity index (χ3v) is 4.06.